The van der Waals surface area contributed by atoms with Crippen LogP contribution in [-0.2, 0) is 4.79 Å². The summed E-state index contributed by atoms with van der Waals surface area (Å²) in [5.74, 6) is 1.17. The molecular weight excluding hydrogens is 344 g/mol. The van der Waals surface area contributed by atoms with Crippen molar-refractivity contribution in [3.8, 4) is 17.2 Å². The highest BCUT2D eigenvalue weighted by Crippen LogP contribution is 2.19. The number of ether oxygens (including phenoxy) is 2. The zero-order valence-electron chi connectivity index (χ0n) is 15.5. The lowest BCUT2D eigenvalue weighted by molar-refractivity contribution is -0.127. The average Bonchev–Trinajstić information content (AvgIpc) is 3.23. The number of benzene rings is 2. The van der Waals surface area contributed by atoms with Crippen LogP contribution in [0.15, 0.2) is 61.2 Å². The van der Waals surface area contributed by atoms with Gasteiger partial charge in [0.15, 0.2) is 6.10 Å². The summed E-state index contributed by atoms with van der Waals surface area (Å²) in [7, 11) is 1.60. The van der Waals surface area contributed by atoms with Crippen LogP contribution in [-0.4, -0.2) is 33.9 Å². The van der Waals surface area contributed by atoms with Gasteiger partial charge < -0.3 is 14.8 Å². The quantitative estimate of drug-likeness (QED) is 0.696. The summed E-state index contributed by atoms with van der Waals surface area (Å²) in [6.45, 7) is 3.66. The SMILES string of the molecule is COc1ccc(O[C@H](C)C(=O)N[C@H](C)c2ccc(-n3cncn3)cc2)cc1. The minimum Gasteiger partial charge on any atom is -0.497 e. The molecule has 2 atom stereocenters. The summed E-state index contributed by atoms with van der Waals surface area (Å²) in [6, 6.07) is 14.8. The van der Waals surface area contributed by atoms with E-state index in [1.807, 2.05) is 31.2 Å². The van der Waals surface area contributed by atoms with E-state index in [4.69, 9.17) is 9.47 Å². The number of hydrogen-bond acceptors (Lipinski definition) is 5. The second-order valence-corrected chi connectivity index (χ2v) is 6.10. The van der Waals surface area contributed by atoms with E-state index >= 15 is 0 Å². The van der Waals surface area contributed by atoms with Gasteiger partial charge in [-0.25, -0.2) is 9.67 Å². The number of rotatable bonds is 7. The van der Waals surface area contributed by atoms with Crippen molar-refractivity contribution in [2.24, 2.45) is 0 Å². The normalized spacial score (nSPS) is 12.9. The Balaban J connectivity index is 1.57. The molecule has 0 saturated carbocycles. The molecule has 1 N–H and O–H groups in total. The number of methoxy groups -OCH3 is 1. The Kier molecular flexibility index (Phi) is 5.71. The third kappa shape index (κ3) is 4.63. The van der Waals surface area contributed by atoms with Gasteiger partial charge in [-0.1, -0.05) is 12.1 Å². The first kappa shape index (κ1) is 18.4. The molecule has 0 bridgehead atoms. The topological polar surface area (TPSA) is 78.3 Å². The maximum Gasteiger partial charge on any atom is 0.261 e. The molecule has 27 heavy (non-hydrogen) atoms. The maximum atomic E-state index is 12.4. The van der Waals surface area contributed by atoms with E-state index in [2.05, 4.69) is 15.4 Å². The molecule has 0 aliphatic heterocycles. The molecule has 3 aromatic rings. The second-order valence-electron chi connectivity index (χ2n) is 6.10. The molecule has 0 aliphatic rings. The fourth-order valence-corrected chi connectivity index (χ4v) is 2.58. The highest BCUT2D eigenvalue weighted by molar-refractivity contribution is 5.81. The summed E-state index contributed by atoms with van der Waals surface area (Å²) in [6.07, 6.45) is 2.51. The molecule has 0 aliphatic carbocycles. The van der Waals surface area contributed by atoms with Crippen molar-refractivity contribution in [2.45, 2.75) is 26.0 Å². The third-order valence-electron chi connectivity index (χ3n) is 4.18. The van der Waals surface area contributed by atoms with Crippen molar-refractivity contribution >= 4 is 5.91 Å². The Morgan fingerprint density at radius 1 is 1.04 bits per heavy atom. The zero-order chi connectivity index (χ0) is 19.2. The minimum absolute atomic E-state index is 0.149. The molecular formula is C20H22N4O3. The van der Waals surface area contributed by atoms with Crippen LogP contribution in [0.2, 0.25) is 0 Å². The number of amides is 1. The Morgan fingerprint density at radius 3 is 2.30 bits per heavy atom. The van der Waals surface area contributed by atoms with E-state index in [9.17, 15) is 4.79 Å². The Labute approximate surface area is 158 Å². The number of nitrogens with one attached hydrogen (secondary N) is 1. The molecule has 7 nitrogen and oxygen atoms in total. The van der Waals surface area contributed by atoms with Crippen LogP contribution >= 0.6 is 0 Å². The smallest absolute Gasteiger partial charge is 0.261 e. The predicted octanol–water partition coefficient (Wildman–Crippen LogP) is 2.92. The van der Waals surface area contributed by atoms with E-state index in [1.165, 1.54) is 6.33 Å². The van der Waals surface area contributed by atoms with E-state index < -0.39 is 6.10 Å². The third-order valence-corrected chi connectivity index (χ3v) is 4.18. The van der Waals surface area contributed by atoms with Crippen LogP contribution in [0, 0.1) is 0 Å². The van der Waals surface area contributed by atoms with Gasteiger partial charge in [0, 0.05) is 0 Å². The molecule has 2 aromatic carbocycles. The minimum atomic E-state index is -0.615. The Hall–Kier alpha value is -3.35. The molecule has 7 heteroatoms. The molecule has 0 saturated heterocycles. The number of nitrogens with zero attached hydrogens (tertiary/aromatic N) is 3. The monoisotopic (exact) mass is 366 g/mol. The summed E-state index contributed by atoms with van der Waals surface area (Å²) in [5.41, 5.74) is 1.90. The van der Waals surface area contributed by atoms with Crippen molar-refractivity contribution in [1.82, 2.24) is 20.1 Å². The van der Waals surface area contributed by atoms with E-state index in [1.54, 1.807) is 49.3 Å². The van der Waals surface area contributed by atoms with Crippen LogP contribution in [0.1, 0.15) is 25.5 Å². The van der Waals surface area contributed by atoms with Crippen molar-refractivity contribution < 1.29 is 14.3 Å². The van der Waals surface area contributed by atoms with Crippen LogP contribution in [0.4, 0.5) is 0 Å². The van der Waals surface area contributed by atoms with Crippen LogP contribution in [0.25, 0.3) is 5.69 Å². The highest BCUT2D eigenvalue weighted by atomic mass is 16.5. The lowest BCUT2D eigenvalue weighted by Gasteiger charge is -2.19. The van der Waals surface area contributed by atoms with Gasteiger partial charge in [0.25, 0.3) is 5.91 Å². The van der Waals surface area contributed by atoms with Crippen LogP contribution in [0.3, 0.4) is 0 Å². The van der Waals surface area contributed by atoms with Gasteiger partial charge in [0.1, 0.15) is 24.2 Å². The average molecular weight is 366 g/mol. The molecule has 140 valence electrons. The molecule has 0 radical (unpaired) electrons. The van der Waals surface area contributed by atoms with E-state index in [0.29, 0.717) is 5.75 Å². The number of aromatic nitrogens is 3. The van der Waals surface area contributed by atoms with Gasteiger partial charge >= 0.3 is 0 Å². The second kappa shape index (κ2) is 8.35. The fourth-order valence-electron chi connectivity index (χ4n) is 2.58. The van der Waals surface area contributed by atoms with Gasteiger partial charge in [-0.05, 0) is 55.8 Å². The summed E-state index contributed by atoms with van der Waals surface area (Å²) >= 11 is 0. The summed E-state index contributed by atoms with van der Waals surface area (Å²) < 4.78 is 12.5. The van der Waals surface area contributed by atoms with Gasteiger partial charge in [-0.2, -0.15) is 5.10 Å². The van der Waals surface area contributed by atoms with Crippen molar-refractivity contribution in [3.05, 3.63) is 66.7 Å². The fraction of sp³-hybridized carbons (Fsp3) is 0.250. The van der Waals surface area contributed by atoms with Gasteiger partial charge in [0.2, 0.25) is 0 Å². The summed E-state index contributed by atoms with van der Waals surface area (Å²) in [5, 5.41) is 7.06. The lowest BCUT2D eigenvalue weighted by Crippen LogP contribution is -2.37. The molecule has 1 aromatic heterocycles. The standard InChI is InChI=1S/C20H22N4O3/c1-14(16-4-6-17(7-5-16)24-13-21-12-22-24)23-20(25)15(2)27-19-10-8-18(26-3)9-11-19/h4-15H,1-3H3,(H,23,25)/t14-,15-/m1/s1. The predicted molar refractivity (Wildman–Crippen MR) is 101 cm³/mol. The molecule has 1 heterocycles. The number of hydrogen-bond donors (Lipinski definition) is 1. The van der Waals surface area contributed by atoms with Gasteiger partial charge in [-0.15, -0.1) is 0 Å². The highest BCUT2D eigenvalue weighted by Gasteiger charge is 2.18. The first-order valence-electron chi connectivity index (χ1n) is 8.63. The number of carbonyl (C=O) groups is 1. The first-order chi connectivity index (χ1) is 13.1. The largest absolute Gasteiger partial charge is 0.497 e. The Morgan fingerprint density at radius 2 is 1.70 bits per heavy atom. The van der Waals surface area contributed by atoms with Crippen LogP contribution in [0.5, 0.6) is 11.5 Å². The molecule has 0 fully saturated rings. The zero-order valence-corrected chi connectivity index (χ0v) is 15.5. The maximum absolute atomic E-state index is 12.4. The van der Waals surface area contributed by atoms with Crippen molar-refractivity contribution in [3.63, 3.8) is 0 Å². The molecule has 0 spiro atoms. The summed E-state index contributed by atoms with van der Waals surface area (Å²) in [4.78, 5) is 16.4. The Bertz CT molecular complexity index is 861. The molecule has 3 rings (SSSR count). The van der Waals surface area contributed by atoms with E-state index in [0.717, 1.165) is 17.0 Å². The van der Waals surface area contributed by atoms with Gasteiger partial charge in [-0.3, -0.25) is 4.79 Å². The van der Waals surface area contributed by atoms with Crippen molar-refractivity contribution in [2.75, 3.05) is 7.11 Å². The van der Waals surface area contributed by atoms with Gasteiger partial charge in [0.05, 0.1) is 18.8 Å². The van der Waals surface area contributed by atoms with Crippen molar-refractivity contribution in [1.29, 1.82) is 0 Å². The molecule has 0 unspecified atom stereocenters. The first-order valence-corrected chi connectivity index (χ1v) is 8.63. The number of carbonyl (C=O) groups excluding carboxylic acids is 1. The molecule has 1 amide bonds. The van der Waals surface area contributed by atoms with E-state index in [-0.39, 0.29) is 11.9 Å². The van der Waals surface area contributed by atoms with Crippen LogP contribution < -0.4 is 14.8 Å². The lowest BCUT2D eigenvalue weighted by atomic mass is 10.1.